The third-order valence-corrected chi connectivity index (χ3v) is 1.12. The molecule has 0 saturated heterocycles. The number of hydrogen-bond donors (Lipinski definition) is 0. The van der Waals surface area contributed by atoms with Gasteiger partial charge in [-0.2, -0.15) is 0 Å². The van der Waals surface area contributed by atoms with Gasteiger partial charge in [-0.15, -0.1) is 0 Å². The minimum Gasteiger partial charge on any atom is -0.404 e. The van der Waals surface area contributed by atoms with Gasteiger partial charge in [0.05, 0.1) is 0 Å². The van der Waals surface area contributed by atoms with E-state index < -0.39 is 5.97 Å². The lowest BCUT2D eigenvalue weighted by atomic mass is 10.7. The summed E-state index contributed by atoms with van der Waals surface area (Å²) in [4.78, 5) is 17.8. The highest BCUT2D eigenvalue weighted by atomic mass is 35.5. The van der Waals surface area contributed by atoms with Crippen LogP contribution in [0.4, 0.5) is 0 Å². The van der Waals surface area contributed by atoms with E-state index in [1.165, 1.54) is 19.3 Å². The summed E-state index contributed by atoms with van der Waals surface area (Å²) in [5.74, 6) is -0.422. The number of carbonyl (C=O) groups is 1. The van der Waals surface area contributed by atoms with Crippen LogP contribution in [-0.2, 0) is 4.79 Å². The van der Waals surface area contributed by atoms with Crippen LogP contribution in [0.1, 0.15) is 6.92 Å². The maximum Gasteiger partial charge on any atom is 0.309 e. The van der Waals surface area contributed by atoms with Crippen molar-refractivity contribution in [1.29, 1.82) is 0 Å². The molecule has 0 atom stereocenters. The van der Waals surface area contributed by atoms with E-state index >= 15 is 0 Å². The zero-order valence-electron chi connectivity index (χ0n) is 5.74. The lowest BCUT2D eigenvalue weighted by molar-refractivity contribution is -0.132. The Balaban J connectivity index is 2.86. The first-order valence-electron chi connectivity index (χ1n) is 2.85. The molecule has 58 valence electrons. The van der Waals surface area contributed by atoms with E-state index in [0.29, 0.717) is 0 Å². The zero-order chi connectivity index (χ0) is 8.27. The van der Waals surface area contributed by atoms with Gasteiger partial charge in [0.1, 0.15) is 0 Å². The second-order valence-corrected chi connectivity index (χ2v) is 2.10. The van der Waals surface area contributed by atoms with Crippen molar-refractivity contribution in [2.24, 2.45) is 0 Å². The zero-order valence-corrected chi connectivity index (χ0v) is 6.50. The molecule has 0 fully saturated rings. The van der Waals surface area contributed by atoms with Crippen LogP contribution in [0.2, 0.25) is 5.15 Å². The van der Waals surface area contributed by atoms with Crippen molar-refractivity contribution in [3.63, 3.8) is 0 Å². The second kappa shape index (κ2) is 3.30. The first-order valence-corrected chi connectivity index (χ1v) is 3.23. The van der Waals surface area contributed by atoms with Crippen LogP contribution in [0.25, 0.3) is 0 Å². The fourth-order valence-corrected chi connectivity index (χ4v) is 0.657. The van der Waals surface area contributed by atoms with E-state index in [4.69, 9.17) is 11.6 Å². The van der Waals surface area contributed by atoms with Gasteiger partial charge in [-0.3, -0.25) is 4.79 Å². The smallest absolute Gasteiger partial charge is 0.309 e. The summed E-state index contributed by atoms with van der Waals surface area (Å²) in [5.41, 5.74) is 0. The molecule has 1 aromatic heterocycles. The highest BCUT2D eigenvalue weighted by Gasteiger charge is 2.04. The van der Waals surface area contributed by atoms with Crippen molar-refractivity contribution in [2.75, 3.05) is 0 Å². The molecule has 11 heavy (non-hydrogen) atoms. The fraction of sp³-hybridized carbons (Fsp3) is 0.167. The van der Waals surface area contributed by atoms with Crippen molar-refractivity contribution in [2.45, 2.75) is 6.92 Å². The van der Waals surface area contributed by atoms with Crippen LogP contribution >= 0.6 is 11.6 Å². The van der Waals surface area contributed by atoms with Crippen LogP contribution in [0.15, 0.2) is 12.4 Å². The van der Waals surface area contributed by atoms with Gasteiger partial charge in [-0.05, 0) is 0 Å². The van der Waals surface area contributed by atoms with Gasteiger partial charge in [0, 0.05) is 19.3 Å². The number of nitrogens with zero attached hydrogens (tertiary/aromatic N) is 2. The Labute approximate surface area is 68.2 Å². The van der Waals surface area contributed by atoms with Gasteiger partial charge in [0.25, 0.3) is 5.88 Å². The van der Waals surface area contributed by atoms with Gasteiger partial charge in [-0.25, -0.2) is 9.97 Å². The number of hydrogen-bond acceptors (Lipinski definition) is 4. The summed E-state index contributed by atoms with van der Waals surface area (Å²) >= 11 is 5.52. The van der Waals surface area contributed by atoms with Crippen molar-refractivity contribution in [1.82, 2.24) is 9.97 Å². The van der Waals surface area contributed by atoms with E-state index in [0.717, 1.165) is 0 Å². The number of rotatable bonds is 1. The third kappa shape index (κ3) is 2.16. The minimum atomic E-state index is -0.465. The molecule has 0 aliphatic rings. The van der Waals surface area contributed by atoms with Crippen LogP contribution in [0.5, 0.6) is 5.88 Å². The first-order chi connectivity index (χ1) is 5.20. The Hall–Kier alpha value is -1.16. The maximum absolute atomic E-state index is 10.4. The number of aromatic nitrogens is 2. The van der Waals surface area contributed by atoms with E-state index in [-0.39, 0.29) is 11.0 Å². The van der Waals surface area contributed by atoms with Crippen molar-refractivity contribution >= 4 is 17.6 Å². The molecule has 4 nitrogen and oxygen atoms in total. The van der Waals surface area contributed by atoms with Crippen molar-refractivity contribution < 1.29 is 9.53 Å². The molecular formula is C6H5ClN2O2. The van der Waals surface area contributed by atoms with Gasteiger partial charge in [0.15, 0.2) is 5.15 Å². The molecular weight excluding hydrogens is 168 g/mol. The maximum atomic E-state index is 10.4. The van der Waals surface area contributed by atoms with Crippen molar-refractivity contribution in [3.8, 4) is 5.88 Å². The molecule has 5 heteroatoms. The van der Waals surface area contributed by atoms with Gasteiger partial charge >= 0.3 is 5.97 Å². The standard InChI is InChI=1S/C6H5ClN2O2/c1-4(10)11-6-5(7)8-2-3-9-6/h2-3H,1H3. The Bertz CT molecular complexity index is 277. The first kappa shape index (κ1) is 7.94. The van der Waals surface area contributed by atoms with E-state index in [9.17, 15) is 4.79 Å². The lowest BCUT2D eigenvalue weighted by Crippen LogP contribution is -2.03. The number of esters is 1. The molecule has 0 aliphatic carbocycles. The van der Waals surface area contributed by atoms with Crippen LogP contribution in [0, 0.1) is 0 Å². The predicted octanol–water partition coefficient (Wildman–Crippen LogP) is 1.06. The largest absolute Gasteiger partial charge is 0.404 e. The van der Waals surface area contributed by atoms with Crippen LogP contribution < -0.4 is 4.74 Å². The van der Waals surface area contributed by atoms with Gasteiger partial charge in [0.2, 0.25) is 0 Å². The normalized spacial score (nSPS) is 9.27. The molecule has 1 rings (SSSR count). The van der Waals surface area contributed by atoms with E-state index in [1.54, 1.807) is 0 Å². The minimum absolute atomic E-state index is 0.0432. The molecule has 0 radical (unpaired) electrons. The summed E-state index contributed by atoms with van der Waals surface area (Å²) in [5, 5.41) is 0.0858. The molecule has 0 N–H and O–H groups in total. The Kier molecular flexibility index (Phi) is 2.38. The Morgan fingerprint density at radius 2 is 2.18 bits per heavy atom. The highest BCUT2D eigenvalue weighted by molar-refractivity contribution is 6.30. The molecule has 0 bridgehead atoms. The molecule has 0 aliphatic heterocycles. The number of carbonyl (C=O) groups excluding carboxylic acids is 1. The topological polar surface area (TPSA) is 52.1 Å². The molecule has 0 saturated carbocycles. The molecule has 1 heterocycles. The molecule has 0 amide bonds. The molecule has 0 aromatic carbocycles. The summed E-state index contributed by atoms with van der Waals surface area (Å²) in [6, 6.07) is 0. The summed E-state index contributed by atoms with van der Waals surface area (Å²) in [7, 11) is 0. The third-order valence-electron chi connectivity index (χ3n) is 0.863. The Morgan fingerprint density at radius 3 is 2.73 bits per heavy atom. The average Bonchev–Trinajstić information content (AvgIpc) is 1.93. The molecule has 0 spiro atoms. The molecule has 0 unspecified atom stereocenters. The van der Waals surface area contributed by atoms with E-state index in [1.807, 2.05) is 0 Å². The predicted molar refractivity (Wildman–Crippen MR) is 38.4 cm³/mol. The summed E-state index contributed by atoms with van der Waals surface area (Å²) in [6.07, 6.45) is 2.81. The fourth-order valence-electron chi connectivity index (χ4n) is 0.513. The second-order valence-electron chi connectivity index (χ2n) is 1.75. The Morgan fingerprint density at radius 1 is 1.55 bits per heavy atom. The van der Waals surface area contributed by atoms with Crippen LogP contribution in [0.3, 0.4) is 0 Å². The summed E-state index contributed by atoms with van der Waals surface area (Å²) < 4.78 is 4.60. The highest BCUT2D eigenvalue weighted by Crippen LogP contribution is 2.16. The number of ether oxygens (including phenoxy) is 1. The monoisotopic (exact) mass is 172 g/mol. The van der Waals surface area contributed by atoms with Crippen molar-refractivity contribution in [3.05, 3.63) is 17.5 Å². The summed E-state index contributed by atoms with van der Waals surface area (Å²) in [6.45, 7) is 1.27. The number of halogens is 1. The van der Waals surface area contributed by atoms with Gasteiger partial charge < -0.3 is 4.74 Å². The van der Waals surface area contributed by atoms with E-state index in [2.05, 4.69) is 14.7 Å². The SMILES string of the molecule is CC(=O)Oc1nccnc1Cl. The van der Waals surface area contributed by atoms with Gasteiger partial charge in [-0.1, -0.05) is 11.6 Å². The lowest BCUT2D eigenvalue weighted by Gasteiger charge is -1.98. The van der Waals surface area contributed by atoms with Crippen LogP contribution in [-0.4, -0.2) is 15.9 Å². The molecule has 1 aromatic rings. The quantitative estimate of drug-likeness (QED) is 0.595. The average molecular weight is 173 g/mol.